The van der Waals surface area contributed by atoms with Crippen molar-refractivity contribution in [1.82, 2.24) is 0 Å². The summed E-state index contributed by atoms with van der Waals surface area (Å²) in [5.74, 6) is 0.164. The Morgan fingerprint density at radius 3 is 2.84 bits per heavy atom. The number of cyclic esters (lactones) is 1. The molecular weight excluding hydrogens is 244 g/mol. The molecule has 5 heteroatoms. The molecule has 1 aliphatic rings. The first kappa shape index (κ1) is 13.4. The van der Waals surface area contributed by atoms with Gasteiger partial charge in [-0.05, 0) is 24.1 Å². The molecule has 0 saturated carbocycles. The van der Waals surface area contributed by atoms with Gasteiger partial charge in [0.15, 0.2) is 0 Å². The molecule has 1 N–H and O–H groups in total. The van der Waals surface area contributed by atoms with Gasteiger partial charge in [-0.2, -0.15) is 0 Å². The summed E-state index contributed by atoms with van der Waals surface area (Å²) in [6.45, 7) is 5.96. The minimum absolute atomic E-state index is 0.0279. The average Bonchev–Trinajstić information content (AvgIpc) is 2.70. The van der Waals surface area contributed by atoms with Crippen molar-refractivity contribution in [2.24, 2.45) is 5.92 Å². The minimum atomic E-state index is -0.335. The maximum absolute atomic E-state index is 11.8. The molecular formula is C14H18N2O3. The van der Waals surface area contributed by atoms with Crippen LogP contribution in [0.4, 0.5) is 16.2 Å². The maximum atomic E-state index is 11.8. The highest BCUT2D eigenvalue weighted by atomic mass is 16.6. The Bertz CT molecular complexity index is 499. The van der Waals surface area contributed by atoms with Crippen LogP contribution in [0.25, 0.3) is 0 Å². The minimum Gasteiger partial charge on any atom is -0.447 e. The first-order valence-corrected chi connectivity index (χ1v) is 6.32. The summed E-state index contributed by atoms with van der Waals surface area (Å²) in [4.78, 5) is 24.6. The molecule has 1 aromatic carbocycles. The quantitative estimate of drug-likeness (QED) is 0.911. The predicted molar refractivity (Wildman–Crippen MR) is 73.2 cm³/mol. The molecule has 1 fully saturated rings. The fourth-order valence-corrected chi connectivity index (χ4v) is 2.16. The molecule has 102 valence electrons. The molecule has 2 rings (SSSR count). The van der Waals surface area contributed by atoms with Gasteiger partial charge in [0, 0.05) is 18.3 Å². The van der Waals surface area contributed by atoms with Gasteiger partial charge in [0.2, 0.25) is 5.91 Å². The van der Waals surface area contributed by atoms with Gasteiger partial charge in [0.05, 0.1) is 6.04 Å². The fraction of sp³-hybridized carbons (Fsp3) is 0.429. The van der Waals surface area contributed by atoms with Crippen LogP contribution in [0.1, 0.15) is 20.8 Å². The first-order valence-electron chi connectivity index (χ1n) is 6.32. The molecule has 2 amide bonds. The Labute approximate surface area is 112 Å². The lowest BCUT2D eigenvalue weighted by Gasteiger charge is -2.24. The van der Waals surface area contributed by atoms with E-state index in [1.165, 1.54) is 6.92 Å². The highest BCUT2D eigenvalue weighted by molar-refractivity contribution is 5.93. The third kappa shape index (κ3) is 2.86. The largest absolute Gasteiger partial charge is 0.447 e. The highest BCUT2D eigenvalue weighted by Crippen LogP contribution is 2.28. The van der Waals surface area contributed by atoms with Crippen molar-refractivity contribution in [3.63, 3.8) is 0 Å². The monoisotopic (exact) mass is 262 g/mol. The lowest BCUT2D eigenvalue weighted by molar-refractivity contribution is -0.114. The number of hydrogen-bond acceptors (Lipinski definition) is 3. The summed E-state index contributed by atoms with van der Waals surface area (Å²) in [6, 6.07) is 7.25. The summed E-state index contributed by atoms with van der Waals surface area (Å²) in [6.07, 6.45) is -0.335. The second-order valence-corrected chi connectivity index (χ2v) is 4.99. The van der Waals surface area contributed by atoms with Crippen molar-refractivity contribution in [1.29, 1.82) is 0 Å². The molecule has 0 spiro atoms. The first-order chi connectivity index (χ1) is 8.99. The van der Waals surface area contributed by atoms with Gasteiger partial charge < -0.3 is 10.1 Å². The van der Waals surface area contributed by atoms with Crippen molar-refractivity contribution in [2.45, 2.75) is 26.8 Å². The maximum Gasteiger partial charge on any atom is 0.414 e. The second-order valence-electron chi connectivity index (χ2n) is 4.99. The standard InChI is InChI=1S/C14H18N2O3/c1-9(2)13-8-19-14(18)16(13)12-6-4-5-11(7-12)15-10(3)17/h4-7,9,13H,8H2,1-3H3,(H,15,17). The summed E-state index contributed by atoms with van der Waals surface area (Å²) in [5, 5.41) is 2.71. The topological polar surface area (TPSA) is 58.6 Å². The molecule has 0 bridgehead atoms. The van der Waals surface area contributed by atoms with E-state index < -0.39 is 0 Å². The molecule has 1 unspecified atom stereocenters. The van der Waals surface area contributed by atoms with E-state index in [9.17, 15) is 9.59 Å². The van der Waals surface area contributed by atoms with Gasteiger partial charge in [-0.25, -0.2) is 4.79 Å². The van der Waals surface area contributed by atoms with Gasteiger partial charge in [-0.3, -0.25) is 9.69 Å². The number of rotatable bonds is 3. The zero-order valence-corrected chi connectivity index (χ0v) is 11.3. The third-order valence-corrected chi connectivity index (χ3v) is 3.12. The van der Waals surface area contributed by atoms with Crippen LogP contribution < -0.4 is 10.2 Å². The van der Waals surface area contributed by atoms with Crippen molar-refractivity contribution in [3.05, 3.63) is 24.3 Å². The number of amides is 2. The van der Waals surface area contributed by atoms with Gasteiger partial charge in [-0.15, -0.1) is 0 Å². The molecule has 0 aromatic heterocycles. The van der Waals surface area contributed by atoms with Crippen LogP contribution in [0.2, 0.25) is 0 Å². The van der Waals surface area contributed by atoms with Gasteiger partial charge in [-0.1, -0.05) is 19.9 Å². The Morgan fingerprint density at radius 2 is 2.21 bits per heavy atom. The normalized spacial score (nSPS) is 18.6. The smallest absolute Gasteiger partial charge is 0.414 e. The zero-order chi connectivity index (χ0) is 14.0. The number of nitrogens with zero attached hydrogens (tertiary/aromatic N) is 1. The molecule has 1 aromatic rings. The Hall–Kier alpha value is -2.04. The van der Waals surface area contributed by atoms with E-state index in [1.54, 1.807) is 17.0 Å². The summed E-state index contributed by atoms with van der Waals surface area (Å²) in [7, 11) is 0. The van der Waals surface area contributed by atoms with E-state index in [1.807, 2.05) is 12.1 Å². The van der Waals surface area contributed by atoms with Gasteiger partial charge >= 0.3 is 6.09 Å². The Kier molecular flexibility index (Phi) is 3.74. The Balaban J connectivity index is 2.29. The molecule has 0 aliphatic carbocycles. The number of ether oxygens (including phenoxy) is 1. The van der Waals surface area contributed by atoms with Crippen LogP contribution in [0.15, 0.2) is 24.3 Å². The van der Waals surface area contributed by atoms with Crippen LogP contribution >= 0.6 is 0 Å². The molecule has 19 heavy (non-hydrogen) atoms. The van der Waals surface area contributed by atoms with Crippen LogP contribution in [0, 0.1) is 5.92 Å². The molecule has 0 radical (unpaired) electrons. The van der Waals surface area contributed by atoms with Crippen molar-refractivity contribution in [3.8, 4) is 0 Å². The van der Waals surface area contributed by atoms with E-state index in [0.717, 1.165) is 5.69 Å². The van der Waals surface area contributed by atoms with Crippen molar-refractivity contribution < 1.29 is 14.3 Å². The highest BCUT2D eigenvalue weighted by Gasteiger charge is 2.36. The molecule has 1 heterocycles. The van der Waals surface area contributed by atoms with Crippen LogP contribution in [0.5, 0.6) is 0 Å². The average molecular weight is 262 g/mol. The predicted octanol–water partition coefficient (Wildman–Crippen LogP) is 2.63. The zero-order valence-electron chi connectivity index (χ0n) is 11.3. The number of carbonyl (C=O) groups excluding carboxylic acids is 2. The van der Waals surface area contributed by atoms with Crippen LogP contribution in [-0.2, 0) is 9.53 Å². The SMILES string of the molecule is CC(=O)Nc1cccc(N2C(=O)OCC2C(C)C)c1. The van der Waals surface area contributed by atoms with E-state index >= 15 is 0 Å². The molecule has 1 saturated heterocycles. The van der Waals surface area contributed by atoms with E-state index in [2.05, 4.69) is 19.2 Å². The molecule has 1 aliphatic heterocycles. The van der Waals surface area contributed by atoms with Crippen LogP contribution in [0.3, 0.4) is 0 Å². The lowest BCUT2D eigenvalue weighted by atomic mass is 10.0. The molecule has 1 atom stereocenters. The van der Waals surface area contributed by atoms with E-state index in [4.69, 9.17) is 4.74 Å². The summed E-state index contributed by atoms with van der Waals surface area (Å²) >= 11 is 0. The van der Waals surface area contributed by atoms with Crippen molar-refractivity contribution >= 4 is 23.4 Å². The third-order valence-electron chi connectivity index (χ3n) is 3.12. The number of benzene rings is 1. The lowest BCUT2D eigenvalue weighted by Crippen LogP contribution is -2.37. The summed E-state index contributed by atoms with van der Waals surface area (Å²) in [5.41, 5.74) is 1.42. The van der Waals surface area contributed by atoms with Gasteiger partial charge in [0.1, 0.15) is 6.61 Å². The second kappa shape index (κ2) is 5.30. The van der Waals surface area contributed by atoms with E-state index in [-0.39, 0.29) is 18.0 Å². The number of anilines is 2. The number of nitrogens with one attached hydrogen (secondary N) is 1. The summed E-state index contributed by atoms with van der Waals surface area (Å²) < 4.78 is 5.11. The Morgan fingerprint density at radius 1 is 1.47 bits per heavy atom. The molecule has 5 nitrogen and oxygen atoms in total. The van der Waals surface area contributed by atoms with Gasteiger partial charge in [0.25, 0.3) is 0 Å². The number of hydrogen-bond donors (Lipinski definition) is 1. The van der Waals surface area contributed by atoms with Crippen LogP contribution in [-0.4, -0.2) is 24.6 Å². The van der Waals surface area contributed by atoms with E-state index in [0.29, 0.717) is 18.2 Å². The number of carbonyl (C=O) groups is 2. The fourth-order valence-electron chi connectivity index (χ4n) is 2.16. The van der Waals surface area contributed by atoms with Crippen molar-refractivity contribution in [2.75, 3.05) is 16.8 Å².